The first-order valence-corrected chi connectivity index (χ1v) is 10.9. The lowest BCUT2D eigenvalue weighted by atomic mass is 9.84. The first-order chi connectivity index (χ1) is 14.5. The Hall–Kier alpha value is -2.64. The third-order valence-electron chi connectivity index (χ3n) is 5.76. The minimum absolute atomic E-state index is 0.135. The normalized spacial score (nSPS) is 12.3. The summed E-state index contributed by atoms with van der Waals surface area (Å²) in [4.78, 5) is 24.3. The van der Waals surface area contributed by atoms with Crippen molar-refractivity contribution in [3.8, 4) is 11.8 Å². The van der Waals surface area contributed by atoms with Crippen molar-refractivity contribution in [3.63, 3.8) is 0 Å². The standard InChI is InChI=1S/C23H34N2O6/c1-22(2,18-14-20(28)24-30-18)12-6-10-16(26)8-5-9-17(27)11-7-13-23(3,4)19-15-21(29)25-31-19/h14-15H,5-13H2,1-4H3,(H,24,28)(H,25,29). The smallest absolute Gasteiger partial charge is 0.251 e. The molecule has 0 fully saturated rings. The molecule has 2 heterocycles. The summed E-state index contributed by atoms with van der Waals surface area (Å²) >= 11 is 0. The van der Waals surface area contributed by atoms with Crippen LogP contribution in [0.3, 0.4) is 0 Å². The fourth-order valence-electron chi connectivity index (χ4n) is 3.60. The summed E-state index contributed by atoms with van der Waals surface area (Å²) in [6.45, 7) is 7.95. The number of aromatic nitrogens is 2. The molecule has 2 rings (SSSR count). The highest BCUT2D eigenvalue weighted by atomic mass is 16.5. The Morgan fingerprint density at radius 2 is 1.10 bits per heavy atom. The molecular formula is C23H34N2O6. The van der Waals surface area contributed by atoms with Crippen LogP contribution >= 0.6 is 0 Å². The molecule has 0 amide bonds. The predicted octanol–water partition coefficient (Wildman–Crippen LogP) is 4.98. The first kappa shape index (κ1) is 24.6. The zero-order chi connectivity index (χ0) is 23.1. The molecule has 0 aliphatic rings. The van der Waals surface area contributed by atoms with E-state index in [0.717, 1.165) is 12.8 Å². The Kier molecular flexibility index (Phi) is 8.42. The molecular weight excluding hydrogens is 400 g/mol. The molecule has 0 saturated heterocycles. The Morgan fingerprint density at radius 1 is 0.742 bits per heavy atom. The van der Waals surface area contributed by atoms with Crippen molar-refractivity contribution in [2.45, 2.75) is 96.3 Å². The fourth-order valence-corrected chi connectivity index (χ4v) is 3.60. The van der Waals surface area contributed by atoms with E-state index in [1.54, 1.807) is 0 Å². The number of hydrogen-bond donors (Lipinski definition) is 2. The van der Waals surface area contributed by atoms with E-state index in [9.17, 15) is 19.8 Å². The van der Waals surface area contributed by atoms with E-state index in [2.05, 4.69) is 10.3 Å². The lowest BCUT2D eigenvalue weighted by Gasteiger charge is -2.20. The van der Waals surface area contributed by atoms with Crippen molar-refractivity contribution in [1.29, 1.82) is 0 Å². The molecule has 0 bridgehead atoms. The van der Waals surface area contributed by atoms with Crippen LogP contribution in [0, 0.1) is 0 Å². The van der Waals surface area contributed by atoms with Crippen LogP contribution in [0.1, 0.15) is 97.0 Å². The van der Waals surface area contributed by atoms with Gasteiger partial charge in [-0.1, -0.05) is 27.7 Å². The maximum Gasteiger partial charge on any atom is 0.251 e. The van der Waals surface area contributed by atoms with Crippen LogP contribution in [0.2, 0.25) is 0 Å². The van der Waals surface area contributed by atoms with Gasteiger partial charge in [0.25, 0.3) is 11.8 Å². The van der Waals surface area contributed by atoms with E-state index in [1.165, 1.54) is 12.1 Å². The number of Topliss-reactive ketones (excluding diaryl/α,β-unsaturated/α-hetero) is 2. The summed E-state index contributed by atoms with van der Waals surface area (Å²) in [6.07, 6.45) is 5.26. The van der Waals surface area contributed by atoms with Gasteiger partial charge in [0.05, 0.1) is 0 Å². The quantitative estimate of drug-likeness (QED) is 0.426. The minimum Gasteiger partial charge on any atom is -0.491 e. The average Bonchev–Trinajstić information content (AvgIpc) is 3.30. The summed E-state index contributed by atoms with van der Waals surface area (Å²) < 4.78 is 10.2. The fraction of sp³-hybridized carbons (Fsp3) is 0.652. The molecule has 0 radical (unpaired) electrons. The summed E-state index contributed by atoms with van der Waals surface area (Å²) in [5, 5.41) is 25.6. The molecule has 0 unspecified atom stereocenters. The number of ketones is 2. The molecule has 172 valence electrons. The molecule has 0 spiro atoms. The van der Waals surface area contributed by atoms with E-state index in [-0.39, 0.29) is 34.2 Å². The Morgan fingerprint density at radius 3 is 1.42 bits per heavy atom. The predicted molar refractivity (Wildman–Crippen MR) is 114 cm³/mol. The lowest BCUT2D eigenvalue weighted by molar-refractivity contribution is -0.120. The van der Waals surface area contributed by atoms with Gasteiger partial charge in [-0.15, -0.1) is 0 Å². The number of carbonyl (C=O) groups is 2. The van der Waals surface area contributed by atoms with Crippen molar-refractivity contribution >= 4 is 11.6 Å². The van der Waals surface area contributed by atoms with E-state index in [1.807, 2.05) is 27.7 Å². The number of aromatic hydroxyl groups is 2. The topological polar surface area (TPSA) is 127 Å². The van der Waals surface area contributed by atoms with Gasteiger partial charge < -0.3 is 19.3 Å². The minimum atomic E-state index is -0.303. The number of rotatable bonds is 14. The van der Waals surface area contributed by atoms with E-state index < -0.39 is 0 Å². The molecule has 8 heteroatoms. The van der Waals surface area contributed by atoms with Gasteiger partial charge in [0.1, 0.15) is 23.1 Å². The van der Waals surface area contributed by atoms with Gasteiger partial charge >= 0.3 is 0 Å². The van der Waals surface area contributed by atoms with E-state index >= 15 is 0 Å². The van der Waals surface area contributed by atoms with Gasteiger partial charge in [-0.2, -0.15) is 0 Å². The third-order valence-corrected chi connectivity index (χ3v) is 5.76. The first-order valence-electron chi connectivity index (χ1n) is 10.9. The van der Waals surface area contributed by atoms with Crippen LogP contribution in [0.25, 0.3) is 0 Å². The monoisotopic (exact) mass is 434 g/mol. The third kappa shape index (κ3) is 7.84. The van der Waals surface area contributed by atoms with E-state index in [0.29, 0.717) is 56.5 Å². The Balaban J connectivity index is 1.58. The summed E-state index contributed by atoms with van der Waals surface area (Å²) in [7, 11) is 0. The molecule has 2 aromatic rings. The molecule has 2 N–H and O–H groups in total. The van der Waals surface area contributed by atoms with Gasteiger partial charge in [-0.25, -0.2) is 0 Å². The van der Waals surface area contributed by atoms with Gasteiger partial charge in [0.2, 0.25) is 0 Å². The molecule has 0 aliphatic carbocycles. The van der Waals surface area contributed by atoms with Gasteiger partial charge in [0, 0.05) is 48.6 Å². The summed E-state index contributed by atoms with van der Waals surface area (Å²) in [6, 6.07) is 3.01. The van der Waals surface area contributed by atoms with Crippen molar-refractivity contribution < 1.29 is 28.8 Å². The lowest BCUT2D eigenvalue weighted by Crippen LogP contribution is -2.17. The molecule has 0 atom stereocenters. The summed E-state index contributed by atoms with van der Waals surface area (Å²) in [5.74, 6) is 1.26. The van der Waals surface area contributed by atoms with Crippen LogP contribution in [0.4, 0.5) is 0 Å². The molecule has 0 saturated carbocycles. The maximum atomic E-state index is 12.1. The number of hydrogen-bond acceptors (Lipinski definition) is 8. The van der Waals surface area contributed by atoms with Crippen molar-refractivity contribution in [2.75, 3.05) is 0 Å². The zero-order valence-corrected chi connectivity index (χ0v) is 18.9. The summed E-state index contributed by atoms with van der Waals surface area (Å²) in [5.41, 5.74) is -0.606. The van der Waals surface area contributed by atoms with Crippen molar-refractivity contribution in [3.05, 3.63) is 23.7 Å². The highest BCUT2D eigenvalue weighted by molar-refractivity contribution is 5.81. The van der Waals surface area contributed by atoms with Crippen LogP contribution in [0.15, 0.2) is 21.2 Å². The maximum absolute atomic E-state index is 12.1. The highest BCUT2D eigenvalue weighted by Gasteiger charge is 2.26. The Labute approximate surface area is 183 Å². The van der Waals surface area contributed by atoms with Crippen LogP contribution in [-0.4, -0.2) is 32.1 Å². The average molecular weight is 435 g/mol. The van der Waals surface area contributed by atoms with Gasteiger partial charge in [0.15, 0.2) is 0 Å². The SMILES string of the molecule is CC(C)(CCCC(=O)CCCC(=O)CCCC(C)(C)c1cc(O)no1)c1cc(O)no1. The van der Waals surface area contributed by atoms with Crippen LogP contribution < -0.4 is 0 Å². The van der Waals surface area contributed by atoms with Crippen LogP contribution in [0.5, 0.6) is 11.8 Å². The second-order valence-electron chi connectivity index (χ2n) is 9.50. The zero-order valence-electron chi connectivity index (χ0n) is 18.9. The molecule has 2 aromatic heterocycles. The molecule has 8 nitrogen and oxygen atoms in total. The van der Waals surface area contributed by atoms with E-state index in [4.69, 9.17) is 9.05 Å². The van der Waals surface area contributed by atoms with Crippen molar-refractivity contribution in [1.82, 2.24) is 10.3 Å². The molecule has 31 heavy (non-hydrogen) atoms. The number of carbonyl (C=O) groups excluding carboxylic acids is 2. The largest absolute Gasteiger partial charge is 0.491 e. The highest BCUT2D eigenvalue weighted by Crippen LogP contribution is 2.32. The molecule has 0 aromatic carbocycles. The van der Waals surface area contributed by atoms with Crippen LogP contribution in [-0.2, 0) is 20.4 Å². The van der Waals surface area contributed by atoms with Gasteiger partial charge in [-0.05, 0) is 42.4 Å². The van der Waals surface area contributed by atoms with Crippen molar-refractivity contribution in [2.24, 2.45) is 0 Å². The Bertz CT molecular complexity index is 795. The molecule has 0 aliphatic heterocycles. The number of nitrogens with zero attached hydrogens (tertiary/aromatic N) is 2. The second-order valence-corrected chi connectivity index (χ2v) is 9.50. The van der Waals surface area contributed by atoms with Gasteiger partial charge in [-0.3, -0.25) is 9.59 Å². The second kappa shape index (κ2) is 10.6.